The molecule has 2 unspecified atom stereocenters. The Morgan fingerprint density at radius 2 is 1.60 bits per heavy atom. The van der Waals surface area contributed by atoms with Gasteiger partial charge in [-0.2, -0.15) is 0 Å². The van der Waals surface area contributed by atoms with Crippen molar-refractivity contribution in [3.8, 4) is 0 Å². The molecule has 4 aromatic carbocycles. The fourth-order valence-corrected chi connectivity index (χ4v) is 7.90. The van der Waals surface area contributed by atoms with Crippen molar-refractivity contribution in [1.82, 2.24) is 4.98 Å². The van der Waals surface area contributed by atoms with E-state index in [1.165, 1.54) is 44.5 Å². The predicted octanol–water partition coefficient (Wildman–Crippen LogP) is 8.40. The maximum atomic E-state index is 6.80. The Morgan fingerprint density at radius 3 is 2.33 bits per heavy atom. The summed E-state index contributed by atoms with van der Waals surface area (Å²) in [5.41, 5.74) is 3.74. The molecule has 200 valence electrons. The number of aromatic nitrogens is 1. The molecule has 40 heavy (non-hydrogen) atoms. The number of fused-ring (bicyclic) bond motifs is 6. The van der Waals surface area contributed by atoms with Crippen LogP contribution in [0.4, 0.5) is 0 Å². The minimum absolute atomic E-state index is 0.0410. The second-order valence-corrected chi connectivity index (χ2v) is 11.8. The maximum absolute atomic E-state index is 6.80. The lowest BCUT2D eigenvalue weighted by Crippen LogP contribution is -2.67. The Kier molecular flexibility index (Phi) is 6.50. The van der Waals surface area contributed by atoms with Crippen molar-refractivity contribution in [2.24, 2.45) is 11.8 Å². The van der Waals surface area contributed by atoms with E-state index in [0.717, 1.165) is 36.1 Å². The highest BCUT2D eigenvalue weighted by Crippen LogP contribution is 2.50. The van der Waals surface area contributed by atoms with Crippen molar-refractivity contribution in [3.05, 3.63) is 128 Å². The highest BCUT2D eigenvalue weighted by molar-refractivity contribution is 6.02. The average Bonchev–Trinajstić information content (AvgIpc) is 3.01. The number of pyridine rings is 1. The van der Waals surface area contributed by atoms with Crippen LogP contribution in [0.15, 0.2) is 116 Å². The van der Waals surface area contributed by atoms with Gasteiger partial charge < -0.3 is 9.22 Å². The summed E-state index contributed by atoms with van der Waals surface area (Å²) in [6.07, 6.45) is 8.41. The van der Waals surface area contributed by atoms with E-state index in [1.54, 1.807) is 0 Å². The third-order valence-electron chi connectivity index (χ3n) is 9.76. The van der Waals surface area contributed by atoms with E-state index in [-0.39, 0.29) is 6.10 Å². The van der Waals surface area contributed by atoms with Crippen LogP contribution in [0.25, 0.3) is 32.4 Å². The molecule has 1 aromatic heterocycles. The van der Waals surface area contributed by atoms with Gasteiger partial charge in [-0.25, -0.2) is 0 Å². The molecule has 3 saturated heterocycles. The number of piperidine rings is 3. The standard InChI is InChI=1S/C37H37N2O/c1-3-21-40-37(33-17-19-38-35-16-10-9-15-32(33)35)36-23-27-18-20-39(36,24-26(27)4-2)25-34-30-13-7-5-11-28(30)22-29-12-6-8-14-31(29)34/h3-17,19,22,26-27,36-37H,1-2,18,20-21,23-25H2/q+1/t26?,27?,36-,37-,39-/m0/s1. The lowest BCUT2D eigenvalue weighted by atomic mass is 9.70. The third kappa shape index (κ3) is 4.16. The summed E-state index contributed by atoms with van der Waals surface area (Å²) in [7, 11) is 0. The molecular weight excluding hydrogens is 488 g/mol. The normalized spacial score (nSPS) is 24.9. The van der Waals surface area contributed by atoms with Crippen molar-refractivity contribution in [2.75, 3.05) is 19.7 Å². The third-order valence-corrected chi connectivity index (χ3v) is 9.76. The molecule has 0 aliphatic carbocycles. The lowest BCUT2D eigenvalue weighted by molar-refractivity contribution is -0.984. The summed E-state index contributed by atoms with van der Waals surface area (Å²) in [5, 5.41) is 6.56. The lowest BCUT2D eigenvalue weighted by Gasteiger charge is -2.58. The van der Waals surface area contributed by atoms with Crippen molar-refractivity contribution in [1.29, 1.82) is 0 Å². The summed E-state index contributed by atoms with van der Waals surface area (Å²) in [5.74, 6) is 1.18. The van der Waals surface area contributed by atoms with E-state index in [1.807, 2.05) is 12.3 Å². The summed E-state index contributed by atoms with van der Waals surface area (Å²) in [6, 6.07) is 31.2. The molecule has 8 rings (SSSR count). The summed E-state index contributed by atoms with van der Waals surface area (Å²) >= 11 is 0. The Labute approximate surface area is 237 Å². The van der Waals surface area contributed by atoms with Crippen LogP contribution in [-0.2, 0) is 11.3 Å². The predicted molar refractivity (Wildman–Crippen MR) is 166 cm³/mol. The number of rotatable bonds is 8. The molecule has 5 aromatic rings. The molecule has 4 heterocycles. The number of hydrogen-bond donors (Lipinski definition) is 0. The number of ether oxygens (including phenoxy) is 1. The Balaban J connectivity index is 1.41. The monoisotopic (exact) mass is 525 g/mol. The van der Waals surface area contributed by atoms with Gasteiger partial charge in [0.05, 0.1) is 25.2 Å². The molecule has 0 amide bonds. The number of para-hydroxylation sites is 1. The molecule has 2 bridgehead atoms. The van der Waals surface area contributed by atoms with Crippen molar-refractivity contribution in [2.45, 2.75) is 31.5 Å². The van der Waals surface area contributed by atoms with E-state index < -0.39 is 0 Å². The second-order valence-electron chi connectivity index (χ2n) is 11.8. The van der Waals surface area contributed by atoms with Crippen molar-refractivity contribution >= 4 is 32.4 Å². The molecule has 3 nitrogen and oxygen atoms in total. The van der Waals surface area contributed by atoms with Crippen LogP contribution in [0.2, 0.25) is 0 Å². The largest absolute Gasteiger partial charge is 0.363 e. The fraction of sp³-hybridized carbons (Fsp3) is 0.270. The van der Waals surface area contributed by atoms with Crippen LogP contribution in [0.1, 0.15) is 30.1 Å². The molecule has 5 atom stereocenters. The van der Waals surface area contributed by atoms with Gasteiger partial charge in [0.1, 0.15) is 18.7 Å². The van der Waals surface area contributed by atoms with Crippen LogP contribution in [0.3, 0.4) is 0 Å². The molecule has 0 saturated carbocycles. The van der Waals surface area contributed by atoms with Gasteiger partial charge in [0.15, 0.2) is 0 Å². The van der Waals surface area contributed by atoms with E-state index >= 15 is 0 Å². The molecule has 0 spiro atoms. The van der Waals surface area contributed by atoms with Gasteiger partial charge in [0.2, 0.25) is 0 Å². The number of quaternary nitrogens is 1. The van der Waals surface area contributed by atoms with Crippen LogP contribution >= 0.6 is 0 Å². The molecular formula is C37H37N2O+. The summed E-state index contributed by atoms with van der Waals surface area (Å²) < 4.78 is 7.81. The van der Waals surface area contributed by atoms with Crippen molar-refractivity contribution in [3.63, 3.8) is 0 Å². The van der Waals surface area contributed by atoms with Gasteiger partial charge in [-0.05, 0) is 51.2 Å². The minimum atomic E-state index is -0.0410. The first-order valence-corrected chi connectivity index (χ1v) is 14.6. The van der Waals surface area contributed by atoms with Crippen LogP contribution in [0.5, 0.6) is 0 Å². The van der Waals surface area contributed by atoms with E-state index in [0.29, 0.717) is 24.5 Å². The van der Waals surface area contributed by atoms with Crippen molar-refractivity contribution < 1.29 is 9.22 Å². The summed E-state index contributed by atoms with van der Waals surface area (Å²) in [4.78, 5) is 4.68. The SMILES string of the molecule is C=CCO[C@@H](c1ccnc2ccccc12)[C@@H]1CC2CC[N@@+]1(Cc1c3ccccc3cc3ccccc13)CC2C=C. The number of benzene rings is 4. The topological polar surface area (TPSA) is 22.1 Å². The molecule has 3 fully saturated rings. The Bertz CT molecular complexity index is 1670. The zero-order valence-corrected chi connectivity index (χ0v) is 23.1. The number of nitrogens with zero attached hydrogens (tertiary/aromatic N) is 2. The van der Waals surface area contributed by atoms with Crippen LogP contribution < -0.4 is 0 Å². The van der Waals surface area contributed by atoms with Gasteiger partial charge in [-0.1, -0.05) is 78.9 Å². The fourth-order valence-electron chi connectivity index (χ4n) is 7.90. The second kappa shape index (κ2) is 10.3. The van der Waals surface area contributed by atoms with E-state index in [4.69, 9.17) is 4.74 Å². The van der Waals surface area contributed by atoms with E-state index in [9.17, 15) is 0 Å². The van der Waals surface area contributed by atoms with Crippen LogP contribution in [-0.4, -0.2) is 35.2 Å². The first-order valence-electron chi connectivity index (χ1n) is 14.6. The zero-order valence-electron chi connectivity index (χ0n) is 23.1. The van der Waals surface area contributed by atoms with Gasteiger partial charge in [0, 0.05) is 35.9 Å². The quantitative estimate of drug-likeness (QED) is 0.115. The van der Waals surface area contributed by atoms with Gasteiger partial charge in [-0.15, -0.1) is 13.2 Å². The van der Waals surface area contributed by atoms with Gasteiger partial charge in [-0.3, -0.25) is 4.98 Å². The number of hydrogen-bond acceptors (Lipinski definition) is 2. The Morgan fingerprint density at radius 1 is 0.900 bits per heavy atom. The summed E-state index contributed by atoms with van der Waals surface area (Å²) in [6.45, 7) is 12.1. The first-order chi connectivity index (χ1) is 19.7. The highest BCUT2D eigenvalue weighted by atomic mass is 16.5. The highest BCUT2D eigenvalue weighted by Gasteiger charge is 2.54. The average molecular weight is 526 g/mol. The zero-order chi connectivity index (χ0) is 27.1. The molecule has 3 aliphatic rings. The first kappa shape index (κ1) is 25.2. The molecule has 0 radical (unpaired) electrons. The van der Waals surface area contributed by atoms with Gasteiger partial charge >= 0.3 is 0 Å². The van der Waals surface area contributed by atoms with E-state index in [2.05, 4.69) is 109 Å². The molecule has 3 heteroatoms. The smallest absolute Gasteiger partial charge is 0.135 e. The van der Waals surface area contributed by atoms with Gasteiger partial charge in [0.25, 0.3) is 0 Å². The minimum Gasteiger partial charge on any atom is -0.363 e. The molecule has 0 N–H and O–H groups in total. The Hall–Kier alpha value is -3.79. The maximum Gasteiger partial charge on any atom is 0.135 e. The van der Waals surface area contributed by atoms with Crippen LogP contribution in [0, 0.1) is 11.8 Å². The molecule has 3 aliphatic heterocycles.